The second-order valence-corrected chi connectivity index (χ2v) is 12.3. The van der Waals surface area contributed by atoms with E-state index in [4.69, 9.17) is 4.98 Å². The molecule has 1 atom stereocenters. The molecule has 32 heavy (non-hydrogen) atoms. The molecular weight excluding hydrogens is 418 g/mol. The van der Waals surface area contributed by atoms with Gasteiger partial charge in [-0.2, -0.15) is 0 Å². The van der Waals surface area contributed by atoms with Crippen LogP contribution in [0.5, 0.6) is 0 Å². The normalized spacial score (nSPS) is 32.5. The summed E-state index contributed by atoms with van der Waals surface area (Å²) in [5.41, 5.74) is 0.782. The van der Waals surface area contributed by atoms with Crippen molar-refractivity contribution in [1.82, 2.24) is 14.9 Å². The maximum atomic E-state index is 13.4. The molecule has 0 spiro atoms. The number of fused-ring (bicyclic) bond motifs is 1. The van der Waals surface area contributed by atoms with Crippen LogP contribution in [0.4, 0.5) is 0 Å². The molecule has 0 aliphatic heterocycles. The smallest absolute Gasteiger partial charge is 0.262 e. The standard InChI is InChI=1S/C26H33N3O2S/c1-16(23(30)28-26-13-17-10-18(14-26)12-19(11-17)15-26)32-25-27-22-9-5-4-8-21(22)24(31)29(25)20-6-2-3-7-20/h4-5,8-9,16-20H,2-3,6-7,10-15H2,1H3,(H,28,30)/t16-,17?,18?,19?,26?/m0/s1. The third-order valence-electron chi connectivity index (χ3n) is 8.54. The van der Waals surface area contributed by atoms with Crippen LogP contribution in [-0.2, 0) is 4.79 Å². The van der Waals surface area contributed by atoms with Crippen LogP contribution in [0.2, 0.25) is 0 Å². The van der Waals surface area contributed by atoms with Crippen molar-refractivity contribution in [1.29, 1.82) is 0 Å². The number of carbonyl (C=O) groups is 1. The van der Waals surface area contributed by atoms with E-state index >= 15 is 0 Å². The minimum atomic E-state index is -0.274. The minimum absolute atomic E-state index is 0.0165. The third-order valence-corrected chi connectivity index (χ3v) is 9.61. The second-order valence-electron chi connectivity index (χ2n) is 11.0. The largest absolute Gasteiger partial charge is 0.350 e. The molecule has 1 heterocycles. The number of nitrogens with zero attached hydrogens (tertiary/aromatic N) is 2. The van der Waals surface area contributed by atoms with E-state index in [2.05, 4.69) is 5.32 Å². The van der Waals surface area contributed by atoms with E-state index in [1.54, 1.807) is 0 Å². The molecule has 0 saturated heterocycles. The topological polar surface area (TPSA) is 64.0 Å². The fraction of sp³-hybridized carbons (Fsp3) is 0.654. The van der Waals surface area contributed by atoms with Crippen LogP contribution in [0.1, 0.15) is 77.2 Å². The summed E-state index contributed by atoms with van der Waals surface area (Å²) in [7, 11) is 0. The summed E-state index contributed by atoms with van der Waals surface area (Å²) >= 11 is 1.46. The Hall–Kier alpha value is -1.82. The lowest BCUT2D eigenvalue weighted by atomic mass is 9.53. The van der Waals surface area contributed by atoms with E-state index in [-0.39, 0.29) is 28.3 Å². The molecule has 7 rings (SSSR count). The molecular formula is C26H33N3O2S. The van der Waals surface area contributed by atoms with Crippen molar-refractivity contribution in [2.45, 2.75) is 93.1 Å². The van der Waals surface area contributed by atoms with Gasteiger partial charge in [-0.15, -0.1) is 0 Å². The van der Waals surface area contributed by atoms with Gasteiger partial charge in [0.1, 0.15) is 0 Å². The highest BCUT2D eigenvalue weighted by molar-refractivity contribution is 8.00. The summed E-state index contributed by atoms with van der Waals surface area (Å²) in [6, 6.07) is 7.79. The molecule has 1 amide bonds. The first-order chi connectivity index (χ1) is 15.5. The number of hydrogen-bond donors (Lipinski definition) is 1. The number of thioether (sulfide) groups is 1. The van der Waals surface area contributed by atoms with Crippen molar-refractivity contribution < 1.29 is 4.79 Å². The Bertz CT molecular complexity index is 1070. The molecule has 4 bridgehead atoms. The molecule has 6 heteroatoms. The highest BCUT2D eigenvalue weighted by Gasteiger charge is 2.51. The molecule has 5 aliphatic carbocycles. The predicted octanol–water partition coefficient (Wildman–Crippen LogP) is 5.08. The Morgan fingerprint density at radius 3 is 2.38 bits per heavy atom. The number of para-hydroxylation sites is 1. The molecule has 0 radical (unpaired) electrons. The van der Waals surface area contributed by atoms with Crippen molar-refractivity contribution in [3.05, 3.63) is 34.6 Å². The van der Waals surface area contributed by atoms with Gasteiger partial charge in [0.25, 0.3) is 5.56 Å². The van der Waals surface area contributed by atoms with E-state index in [0.717, 1.165) is 68.2 Å². The van der Waals surface area contributed by atoms with Gasteiger partial charge >= 0.3 is 0 Å². The van der Waals surface area contributed by atoms with Crippen LogP contribution >= 0.6 is 11.8 Å². The van der Waals surface area contributed by atoms with Gasteiger partial charge in [-0.05, 0) is 88.2 Å². The maximum absolute atomic E-state index is 13.4. The first-order valence-corrected chi connectivity index (χ1v) is 13.4. The molecule has 0 unspecified atom stereocenters. The molecule has 1 aromatic carbocycles. The first kappa shape index (κ1) is 20.8. The van der Waals surface area contributed by atoms with E-state index < -0.39 is 0 Å². The summed E-state index contributed by atoms with van der Waals surface area (Å²) in [5.74, 6) is 2.52. The van der Waals surface area contributed by atoms with Crippen molar-refractivity contribution >= 4 is 28.6 Å². The SMILES string of the molecule is C[C@H](Sc1nc2ccccc2c(=O)n1C1CCCC1)C(=O)NC12CC3CC(CC(C3)C1)C2. The highest BCUT2D eigenvalue weighted by Crippen LogP contribution is 2.55. The van der Waals surface area contributed by atoms with E-state index in [1.807, 2.05) is 35.8 Å². The lowest BCUT2D eigenvalue weighted by molar-refractivity contribution is -0.126. The van der Waals surface area contributed by atoms with Crippen LogP contribution in [0.25, 0.3) is 10.9 Å². The van der Waals surface area contributed by atoms with Gasteiger partial charge in [0.2, 0.25) is 5.91 Å². The quantitative estimate of drug-likeness (QED) is 0.509. The first-order valence-electron chi connectivity index (χ1n) is 12.5. The van der Waals surface area contributed by atoms with Crippen LogP contribution in [0.15, 0.2) is 34.2 Å². The average molecular weight is 452 g/mol. The van der Waals surface area contributed by atoms with Gasteiger partial charge in [0.15, 0.2) is 5.16 Å². The van der Waals surface area contributed by atoms with Gasteiger partial charge < -0.3 is 5.32 Å². The Morgan fingerprint density at radius 1 is 1.09 bits per heavy atom. The Labute approximate surface area is 193 Å². The number of benzene rings is 1. The van der Waals surface area contributed by atoms with Gasteiger partial charge in [-0.3, -0.25) is 14.2 Å². The second kappa shape index (κ2) is 7.89. The summed E-state index contributed by atoms with van der Waals surface area (Å²) < 4.78 is 1.90. The van der Waals surface area contributed by atoms with Gasteiger partial charge in [-0.25, -0.2) is 4.98 Å². The van der Waals surface area contributed by atoms with Crippen LogP contribution < -0.4 is 10.9 Å². The van der Waals surface area contributed by atoms with E-state index in [0.29, 0.717) is 10.5 Å². The Kier molecular flexibility index (Phi) is 5.12. The van der Waals surface area contributed by atoms with E-state index in [9.17, 15) is 9.59 Å². The zero-order valence-corrected chi connectivity index (χ0v) is 19.7. The predicted molar refractivity (Wildman–Crippen MR) is 128 cm³/mol. The highest BCUT2D eigenvalue weighted by atomic mass is 32.2. The lowest BCUT2D eigenvalue weighted by Crippen LogP contribution is -2.60. The molecule has 170 valence electrons. The fourth-order valence-corrected chi connectivity index (χ4v) is 8.51. The number of aromatic nitrogens is 2. The monoisotopic (exact) mass is 451 g/mol. The van der Waals surface area contributed by atoms with Gasteiger partial charge in [-0.1, -0.05) is 36.7 Å². The zero-order chi connectivity index (χ0) is 21.9. The molecule has 1 aromatic heterocycles. The molecule has 1 N–H and O–H groups in total. The number of amides is 1. The number of nitrogens with one attached hydrogen (secondary N) is 1. The zero-order valence-electron chi connectivity index (χ0n) is 18.9. The Morgan fingerprint density at radius 2 is 1.72 bits per heavy atom. The molecule has 5 fully saturated rings. The fourth-order valence-electron chi connectivity index (χ4n) is 7.53. The molecule has 5 saturated carbocycles. The number of carbonyl (C=O) groups excluding carboxylic acids is 1. The average Bonchev–Trinajstić information content (AvgIpc) is 3.27. The van der Waals surface area contributed by atoms with Gasteiger partial charge in [0, 0.05) is 11.6 Å². The summed E-state index contributed by atoms with van der Waals surface area (Å²) in [5, 5.41) is 4.61. The van der Waals surface area contributed by atoms with Crippen molar-refractivity contribution in [2.24, 2.45) is 17.8 Å². The number of rotatable bonds is 5. The molecule has 2 aromatic rings. The minimum Gasteiger partial charge on any atom is -0.350 e. The lowest BCUT2D eigenvalue weighted by Gasteiger charge is -2.57. The summed E-state index contributed by atoms with van der Waals surface area (Å²) in [4.78, 5) is 31.6. The van der Waals surface area contributed by atoms with Crippen molar-refractivity contribution in [3.63, 3.8) is 0 Å². The number of hydrogen-bond acceptors (Lipinski definition) is 4. The van der Waals surface area contributed by atoms with Crippen molar-refractivity contribution in [3.8, 4) is 0 Å². The molecule has 5 aliphatic rings. The van der Waals surface area contributed by atoms with Gasteiger partial charge in [0.05, 0.1) is 16.2 Å². The summed E-state index contributed by atoms with van der Waals surface area (Å²) in [6.07, 6.45) is 11.9. The van der Waals surface area contributed by atoms with Crippen LogP contribution in [0.3, 0.4) is 0 Å². The maximum Gasteiger partial charge on any atom is 0.262 e. The van der Waals surface area contributed by atoms with Crippen molar-refractivity contribution in [2.75, 3.05) is 0 Å². The van der Waals surface area contributed by atoms with Crippen LogP contribution in [-0.4, -0.2) is 26.2 Å². The summed E-state index contributed by atoms with van der Waals surface area (Å²) in [6.45, 7) is 1.97. The third kappa shape index (κ3) is 3.59. The van der Waals surface area contributed by atoms with Crippen LogP contribution in [0, 0.1) is 17.8 Å². The Balaban J connectivity index is 1.26. The molecule has 5 nitrogen and oxygen atoms in total. The van der Waals surface area contributed by atoms with E-state index in [1.165, 1.54) is 31.0 Å².